The standard InChI is InChI=1S/C23H30ClF5N2O3S.ClH/c1-2-16-35(33,34)31-14-12-30(13-15-31)21(8-10-22(25,26)11-9-21)7-6-19(32)20-17(23(27,28)29)4-3-5-18(20)24;/h3-5H,2,6-16H2,1H3;1H. The number of rotatable bonds is 8. The number of benzene rings is 1. The molecule has 2 fully saturated rings. The molecule has 36 heavy (non-hydrogen) atoms. The summed E-state index contributed by atoms with van der Waals surface area (Å²) in [4.78, 5) is 14.9. The van der Waals surface area contributed by atoms with E-state index in [-0.39, 0.29) is 62.0 Å². The molecule has 0 atom stereocenters. The highest BCUT2D eigenvalue weighted by Crippen LogP contribution is 2.45. The lowest BCUT2D eigenvalue weighted by Gasteiger charge is -2.51. The molecule has 0 aromatic heterocycles. The Bertz CT molecular complexity index is 1020. The molecule has 0 unspecified atom stereocenters. The van der Waals surface area contributed by atoms with E-state index in [1.54, 1.807) is 6.92 Å². The maximum absolute atomic E-state index is 14.0. The van der Waals surface area contributed by atoms with Crippen LogP contribution in [-0.2, 0) is 16.2 Å². The summed E-state index contributed by atoms with van der Waals surface area (Å²) in [6.07, 6.45) is -5.12. The number of piperazine rings is 1. The van der Waals surface area contributed by atoms with E-state index in [1.165, 1.54) is 10.4 Å². The van der Waals surface area contributed by atoms with Crippen LogP contribution in [0.2, 0.25) is 5.02 Å². The Hall–Kier alpha value is -1.01. The molecular weight excluding hydrogens is 550 g/mol. The highest BCUT2D eigenvalue weighted by molar-refractivity contribution is 7.89. The van der Waals surface area contributed by atoms with Crippen molar-refractivity contribution in [3.8, 4) is 0 Å². The SMILES string of the molecule is CCCS(=O)(=O)N1CCN(C2(CCC(=O)c3c(Cl)cccc3C(F)(F)F)CCC(F)(F)CC2)CC1.Cl. The third-order valence-corrected chi connectivity index (χ3v) is 9.48. The Labute approximate surface area is 219 Å². The normalized spacial score (nSPS) is 21.1. The van der Waals surface area contributed by atoms with E-state index in [2.05, 4.69) is 0 Å². The number of carbonyl (C=O) groups excluding carboxylic acids is 1. The van der Waals surface area contributed by atoms with Gasteiger partial charge in [0.2, 0.25) is 15.9 Å². The average molecular weight is 581 g/mol. The molecule has 1 aromatic rings. The topological polar surface area (TPSA) is 57.7 Å². The maximum atomic E-state index is 14.0. The summed E-state index contributed by atoms with van der Waals surface area (Å²) < 4.78 is 94.6. The van der Waals surface area contributed by atoms with Crippen LogP contribution in [-0.4, -0.2) is 66.8 Å². The summed E-state index contributed by atoms with van der Waals surface area (Å²) in [6.45, 7) is 2.80. The highest BCUT2D eigenvalue weighted by atomic mass is 35.5. The van der Waals surface area contributed by atoms with Gasteiger partial charge in [0, 0.05) is 56.5 Å². The molecule has 0 bridgehead atoms. The summed E-state index contributed by atoms with van der Waals surface area (Å²) in [7, 11) is -3.40. The third kappa shape index (κ3) is 7.09. The van der Waals surface area contributed by atoms with Crippen molar-refractivity contribution >= 4 is 39.8 Å². The maximum Gasteiger partial charge on any atom is 0.417 e. The van der Waals surface area contributed by atoms with E-state index in [4.69, 9.17) is 11.6 Å². The predicted octanol–water partition coefficient (Wildman–Crippen LogP) is 6.05. The van der Waals surface area contributed by atoms with Gasteiger partial charge in [-0.2, -0.15) is 17.5 Å². The molecule has 1 aliphatic carbocycles. The minimum absolute atomic E-state index is 0. The number of hydrogen-bond acceptors (Lipinski definition) is 4. The molecule has 1 aromatic carbocycles. The number of ketones is 1. The lowest BCUT2D eigenvalue weighted by atomic mass is 9.74. The molecule has 0 N–H and O–H groups in total. The van der Waals surface area contributed by atoms with Gasteiger partial charge in [0.15, 0.2) is 5.78 Å². The predicted molar refractivity (Wildman–Crippen MR) is 131 cm³/mol. The van der Waals surface area contributed by atoms with Crippen molar-refractivity contribution in [2.24, 2.45) is 0 Å². The smallest absolute Gasteiger partial charge is 0.295 e. The molecule has 2 aliphatic rings. The van der Waals surface area contributed by atoms with E-state index in [0.717, 1.165) is 12.1 Å². The van der Waals surface area contributed by atoms with Crippen molar-refractivity contribution in [3.63, 3.8) is 0 Å². The van der Waals surface area contributed by atoms with Gasteiger partial charge < -0.3 is 0 Å². The number of hydrogen-bond donors (Lipinski definition) is 0. The fourth-order valence-electron chi connectivity index (χ4n) is 5.15. The number of alkyl halides is 5. The van der Waals surface area contributed by atoms with Crippen LogP contribution >= 0.6 is 24.0 Å². The fourth-order valence-corrected chi connectivity index (χ4v) is 6.92. The van der Waals surface area contributed by atoms with E-state index >= 15 is 0 Å². The molecular formula is C23H31Cl2F5N2O3S. The molecule has 13 heteroatoms. The van der Waals surface area contributed by atoms with Gasteiger partial charge in [0.25, 0.3) is 0 Å². The second kappa shape index (κ2) is 11.8. The van der Waals surface area contributed by atoms with Crippen LogP contribution in [0.5, 0.6) is 0 Å². The lowest BCUT2D eigenvalue weighted by molar-refractivity contribution is -0.137. The summed E-state index contributed by atoms with van der Waals surface area (Å²) in [6, 6.07) is 3.14. The molecule has 0 amide bonds. The van der Waals surface area contributed by atoms with Crippen LogP contribution < -0.4 is 0 Å². The zero-order chi connectivity index (χ0) is 26.1. The average Bonchev–Trinajstić information content (AvgIpc) is 2.78. The van der Waals surface area contributed by atoms with Crippen molar-refractivity contribution in [2.75, 3.05) is 31.9 Å². The molecule has 0 radical (unpaired) electrons. The van der Waals surface area contributed by atoms with Crippen molar-refractivity contribution in [1.82, 2.24) is 9.21 Å². The number of Topliss-reactive ketones (excluding diaryl/α,β-unsaturated/α-hetero) is 1. The third-order valence-electron chi connectivity index (χ3n) is 7.09. The molecule has 1 saturated carbocycles. The minimum atomic E-state index is -4.76. The monoisotopic (exact) mass is 580 g/mol. The van der Waals surface area contributed by atoms with Crippen LogP contribution in [0, 0.1) is 0 Å². The molecule has 206 valence electrons. The zero-order valence-corrected chi connectivity index (χ0v) is 22.3. The van der Waals surface area contributed by atoms with Gasteiger partial charge in [-0.3, -0.25) is 9.69 Å². The fraction of sp³-hybridized carbons (Fsp3) is 0.696. The van der Waals surface area contributed by atoms with Gasteiger partial charge in [-0.25, -0.2) is 17.2 Å². The Morgan fingerprint density at radius 3 is 2.17 bits per heavy atom. The van der Waals surface area contributed by atoms with Gasteiger partial charge in [-0.15, -0.1) is 12.4 Å². The van der Waals surface area contributed by atoms with E-state index in [1.807, 2.05) is 4.90 Å². The highest BCUT2D eigenvalue weighted by Gasteiger charge is 2.48. The van der Waals surface area contributed by atoms with Crippen molar-refractivity contribution in [2.45, 2.75) is 69.5 Å². The number of carbonyl (C=O) groups is 1. The first kappa shape index (κ1) is 31.2. The minimum Gasteiger partial charge on any atom is -0.295 e. The van der Waals surface area contributed by atoms with Gasteiger partial charge in [0.1, 0.15) is 0 Å². The van der Waals surface area contributed by atoms with Crippen molar-refractivity contribution < 1.29 is 35.2 Å². The van der Waals surface area contributed by atoms with Crippen LogP contribution in [0.3, 0.4) is 0 Å². The second-order valence-corrected chi connectivity index (χ2v) is 11.9. The van der Waals surface area contributed by atoms with Gasteiger partial charge in [0.05, 0.1) is 16.3 Å². The quantitative estimate of drug-likeness (QED) is 0.277. The number of nitrogens with zero attached hydrogens (tertiary/aromatic N) is 2. The number of sulfonamides is 1. The van der Waals surface area contributed by atoms with Crippen molar-refractivity contribution in [3.05, 3.63) is 34.3 Å². The number of halogens is 7. The van der Waals surface area contributed by atoms with E-state index < -0.39 is 57.4 Å². The Kier molecular flexibility index (Phi) is 10.2. The molecule has 3 rings (SSSR count). The molecule has 5 nitrogen and oxygen atoms in total. The molecule has 1 saturated heterocycles. The van der Waals surface area contributed by atoms with Gasteiger partial charge in [-0.1, -0.05) is 24.6 Å². The van der Waals surface area contributed by atoms with Crippen molar-refractivity contribution in [1.29, 1.82) is 0 Å². The van der Waals surface area contributed by atoms with Crippen LogP contribution in [0.25, 0.3) is 0 Å². The Balaban J connectivity index is 0.00000456. The first-order valence-electron chi connectivity index (χ1n) is 11.7. The Morgan fingerprint density at radius 2 is 1.64 bits per heavy atom. The van der Waals surface area contributed by atoms with Gasteiger partial charge in [-0.05, 0) is 37.8 Å². The van der Waals surface area contributed by atoms with Gasteiger partial charge >= 0.3 is 6.18 Å². The molecule has 1 aliphatic heterocycles. The first-order chi connectivity index (χ1) is 16.2. The van der Waals surface area contributed by atoms with Crippen LogP contribution in [0.15, 0.2) is 18.2 Å². The van der Waals surface area contributed by atoms with E-state index in [0.29, 0.717) is 19.5 Å². The summed E-state index contributed by atoms with van der Waals surface area (Å²) in [5.74, 6) is -3.60. The van der Waals surface area contributed by atoms with Crippen LogP contribution in [0.4, 0.5) is 22.0 Å². The second-order valence-electron chi connectivity index (χ2n) is 9.37. The van der Waals surface area contributed by atoms with E-state index in [9.17, 15) is 35.2 Å². The largest absolute Gasteiger partial charge is 0.417 e. The lowest BCUT2D eigenvalue weighted by Crippen LogP contribution is -2.60. The Morgan fingerprint density at radius 1 is 1.06 bits per heavy atom. The summed E-state index contributed by atoms with van der Waals surface area (Å²) >= 11 is 5.96. The summed E-state index contributed by atoms with van der Waals surface area (Å²) in [5, 5.41) is -0.302. The molecule has 1 heterocycles. The first-order valence-corrected chi connectivity index (χ1v) is 13.7. The zero-order valence-electron chi connectivity index (χ0n) is 19.9. The molecule has 0 spiro atoms. The summed E-state index contributed by atoms with van der Waals surface area (Å²) in [5.41, 5.74) is -2.54. The van der Waals surface area contributed by atoms with Crippen LogP contribution in [0.1, 0.15) is 67.8 Å².